The lowest BCUT2D eigenvalue weighted by Gasteiger charge is -2.09. The van der Waals surface area contributed by atoms with Crippen molar-refractivity contribution in [1.82, 2.24) is 5.32 Å². The molecule has 2 aromatic carbocycles. The molecule has 0 aromatic heterocycles. The van der Waals surface area contributed by atoms with Gasteiger partial charge in [-0.05, 0) is 48.6 Å². The molecule has 2 aromatic rings. The van der Waals surface area contributed by atoms with Crippen molar-refractivity contribution in [2.75, 3.05) is 26.5 Å². The second-order valence-corrected chi connectivity index (χ2v) is 6.66. The Morgan fingerprint density at radius 3 is 2.54 bits per heavy atom. The SMILES string of the molecule is COc1ccc(CCNC(=O)COC(=O)c2cc(SC)ccc2Cl)cc1. The highest BCUT2D eigenvalue weighted by molar-refractivity contribution is 7.98. The van der Waals surface area contributed by atoms with Crippen LogP contribution in [0.4, 0.5) is 0 Å². The van der Waals surface area contributed by atoms with Gasteiger partial charge in [0.2, 0.25) is 0 Å². The highest BCUT2D eigenvalue weighted by Crippen LogP contribution is 2.23. The van der Waals surface area contributed by atoms with Crippen LogP contribution >= 0.6 is 23.4 Å². The Hall–Kier alpha value is -2.18. The summed E-state index contributed by atoms with van der Waals surface area (Å²) in [4.78, 5) is 24.8. The molecule has 26 heavy (non-hydrogen) atoms. The molecule has 0 atom stereocenters. The van der Waals surface area contributed by atoms with E-state index in [1.54, 1.807) is 19.2 Å². The van der Waals surface area contributed by atoms with Crippen LogP contribution in [0.1, 0.15) is 15.9 Å². The number of halogens is 1. The Kier molecular flexibility index (Phi) is 7.81. The zero-order valence-corrected chi connectivity index (χ0v) is 16.2. The molecular formula is C19H20ClNO4S. The number of carbonyl (C=O) groups excluding carboxylic acids is 2. The zero-order chi connectivity index (χ0) is 18.9. The summed E-state index contributed by atoms with van der Waals surface area (Å²) in [6, 6.07) is 12.7. The summed E-state index contributed by atoms with van der Waals surface area (Å²) in [5, 5.41) is 3.02. The number of esters is 1. The first kappa shape index (κ1) is 20.1. The van der Waals surface area contributed by atoms with E-state index in [0.29, 0.717) is 18.0 Å². The number of nitrogens with one attached hydrogen (secondary N) is 1. The Bertz CT molecular complexity index is 765. The van der Waals surface area contributed by atoms with Gasteiger partial charge in [0, 0.05) is 11.4 Å². The third kappa shape index (κ3) is 5.97. The van der Waals surface area contributed by atoms with E-state index in [-0.39, 0.29) is 18.1 Å². The van der Waals surface area contributed by atoms with E-state index < -0.39 is 5.97 Å². The van der Waals surface area contributed by atoms with Crippen LogP contribution in [0.5, 0.6) is 5.75 Å². The van der Waals surface area contributed by atoms with Gasteiger partial charge in [-0.2, -0.15) is 0 Å². The van der Waals surface area contributed by atoms with Gasteiger partial charge in [-0.15, -0.1) is 11.8 Å². The quantitative estimate of drug-likeness (QED) is 0.548. The van der Waals surface area contributed by atoms with E-state index in [9.17, 15) is 9.59 Å². The number of hydrogen-bond acceptors (Lipinski definition) is 5. The molecule has 0 unspecified atom stereocenters. The molecule has 0 bridgehead atoms. The number of thioether (sulfide) groups is 1. The van der Waals surface area contributed by atoms with Gasteiger partial charge in [0.25, 0.3) is 5.91 Å². The standard InChI is InChI=1S/C19H20ClNO4S/c1-24-14-5-3-13(4-6-14)9-10-21-18(22)12-25-19(23)16-11-15(26-2)7-8-17(16)20/h3-8,11H,9-10,12H2,1-2H3,(H,21,22). The van der Waals surface area contributed by atoms with E-state index >= 15 is 0 Å². The predicted octanol–water partition coefficient (Wildman–Crippen LogP) is 3.59. The van der Waals surface area contributed by atoms with Crippen LogP contribution in [0.3, 0.4) is 0 Å². The predicted molar refractivity (Wildman–Crippen MR) is 103 cm³/mol. The number of hydrogen-bond donors (Lipinski definition) is 1. The molecule has 7 heteroatoms. The maximum atomic E-state index is 12.1. The first-order valence-electron chi connectivity index (χ1n) is 7.93. The maximum absolute atomic E-state index is 12.1. The van der Waals surface area contributed by atoms with Crippen LogP contribution in [-0.4, -0.2) is 38.4 Å². The minimum atomic E-state index is -0.615. The van der Waals surface area contributed by atoms with Gasteiger partial charge in [0.1, 0.15) is 5.75 Å². The van der Waals surface area contributed by atoms with Crippen LogP contribution in [0.2, 0.25) is 5.02 Å². The maximum Gasteiger partial charge on any atom is 0.340 e. The van der Waals surface area contributed by atoms with Crippen LogP contribution in [0, 0.1) is 0 Å². The molecule has 0 aliphatic carbocycles. The lowest BCUT2D eigenvalue weighted by molar-refractivity contribution is -0.124. The fourth-order valence-corrected chi connectivity index (χ4v) is 2.82. The lowest BCUT2D eigenvalue weighted by Crippen LogP contribution is -2.30. The van der Waals surface area contributed by atoms with Crippen molar-refractivity contribution < 1.29 is 19.1 Å². The van der Waals surface area contributed by atoms with E-state index in [1.165, 1.54) is 11.8 Å². The summed E-state index contributed by atoms with van der Waals surface area (Å²) in [5.74, 6) is -0.186. The molecule has 0 aliphatic rings. The summed E-state index contributed by atoms with van der Waals surface area (Å²) < 4.78 is 10.1. The smallest absolute Gasteiger partial charge is 0.340 e. The molecule has 0 spiro atoms. The van der Waals surface area contributed by atoms with Crippen molar-refractivity contribution in [1.29, 1.82) is 0 Å². The number of amides is 1. The zero-order valence-electron chi connectivity index (χ0n) is 14.6. The van der Waals surface area contributed by atoms with Crippen molar-refractivity contribution in [3.05, 3.63) is 58.6 Å². The largest absolute Gasteiger partial charge is 0.497 e. The van der Waals surface area contributed by atoms with Gasteiger partial charge in [-0.3, -0.25) is 4.79 Å². The lowest BCUT2D eigenvalue weighted by atomic mass is 10.1. The number of carbonyl (C=O) groups is 2. The molecule has 1 N–H and O–H groups in total. The molecule has 0 heterocycles. The molecule has 5 nitrogen and oxygen atoms in total. The second kappa shape index (κ2) is 10.1. The molecule has 0 fully saturated rings. The first-order chi connectivity index (χ1) is 12.5. The molecule has 1 amide bonds. The normalized spacial score (nSPS) is 10.3. The van der Waals surface area contributed by atoms with E-state index in [4.69, 9.17) is 21.1 Å². The van der Waals surface area contributed by atoms with Gasteiger partial charge in [0.05, 0.1) is 17.7 Å². The van der Waals surface area contributed by atoms with Crippen molar-refractivity contribution >= 4 is 35.2 Å². The van der Waals surface area contributed by atoms with Crippen molar-refractivity contribution in [2.45, 2.75) is 11.3 Å². The number of methoxy groups -OCH3 is 1. The van der Waals surface area contributed by atoms with Gasteiger partial charge in [-0.25, -0.2) is 4.79 Å². The van der Waals surface area contributed by atoms with Gasteiger partial charge in [-0.1, -0.05) is 23.7 Å². The molecule has 0 radical (unpaired) electrons. The summed E-state index contributed by atoms with van der Waals surface area (Å²) in [6.45, 7) is 0.104. The van der Waals surface area contributed by atoms with Crippen LogP contribution in [0.25, 0.3) is 0 Å². The molecule has 2 rings (SSSR count). The van der Waals surface area contributed by atoms with Gasteiger partial charge < -0.3 is 14.8 Å². The van der Waals surface area contributed by atoms with Crippen LogP contribution < -0.4 is 10.1 Å². The van der Waals surface area contributed by atoms with Crippen LogP contribution in [-0.2, 0) is 16.0 Å². The van der Waals surface area contributed by atoms with Crippen molar-refractivity contribution in [3.63, 3.8) is 0 Å². The average Bonchev–Trinajstić information content (AvgIpc) is 2.67. The van der Waals surface area contributed by atoms with Gasteiger partial charge >= 0.3 is 5.97 Å². The first-order valence-corrected chi connectivity index (χ1v) is 9.54. The third-order valence-electron chi connectivity index (χ3n) is 3.62. The summed E-state index contributed by atoms with van der Waals surface area (Å²) in [6.07, 6.45) is 2.57. The van der Waals surface area contributed by atoms with Gasteiger partial charge in [0.15, 0.2) is 6.61 Å². The summed E-state index contributed by atoms with van der Waals surface area (Å²) >= 11 is 7.51. The fourth-order valence-electron chi connectivity index (χ4n) is 2.19. The van der Waals surface area contributed by atoms with Crippen LogP contribution in [0.15, 0.2) is 47.4 Å². The highest BCUT2D eigenvalue weighted by atomic mass is 35.5. The number of rotatable bonds is 8. The molecule has 138 valence electrons. The fraction of sp³-hybridized carbons (Fsp3) is 0.263. The van der Waals surface area contributed by atoms with E-state index in [0.717, 1.165) is 16.2 Å². The third-order valence-corrected chi connectivity index (χ3v) is 4.68. The monoisotopic (exact) mass is 393 g/mol. The minimum Gasteiger partial charge on any atom is -0.497 e. The minimum absolute atomic E-state index is 0.254. The Morgan fingerprint density at radius 1 is 1.15 bits per heavy atom. The summed E-state index contributed by atoms with van der Waals surface area (Å²) in [7, 11) is 1.61. The summed E-state index contributed by atoms with van der Waals surface area (Å²) in [5.41, 5.74) is 1.33. The van der Waals surface area contributed by atoms with Crippen molar-refractivity contribution in [3.8, 4) is 5.75 Å². The number of benzene rings is 2. The Morgan fingerprint density at radius 2 is 1.88 bits per heavy atom. The highest BCUT2D eigenvalue weighted by Gasteiger charge is 2.14. The Balaban J connectivity index is 1.76. The Labute approximate surface area is 162 Å². The number of ether oxygens (including phenoxy) is 2. The average molecular weight is 394 g/mol. The van der Waals surface area contributed by atoms with E-state index in [2.05, 4.69) is 5.32 Å². The molecule has 0 saturated carbocycles. The van der Waals surface area contributed by atoms with Crippen molar-refractivity contribution in [2.24, 2.45) is 0 Å². The second-order valence-electron chi connectivity index (χ2n) is 5.37. The molecule has 0 aliphatic heterocycles. The molecular weight excluding hydrogens is 374 g/mol. The molecule has 0 saturated heterocycles. The van der Waals surface area contributed by atoms with E-state index in [1.807, 2.05) is 36.6 Å². The topological polar surface area (TPSA) is 64.6 Å².